The number of hydrogen-bond acceptors (Lipinski definition) is 13. The van der Waals surface area contributed by atoms with Gasteiger partial charge in [0.05, 0.1) is 12.6 Å². The lowest BCUT2D eigenvalue weighted by Gasteiger charge is -2.45. The summed E-state index contributed by atoms with van der Waals surface area (Å²) in [4.78, 5) is 51.2. The second-order valence-corrected chi connectivity index (χ2v) is 9.91. The summed E-state index contributed by atoms with van der Waals surface area (Å²) in [6, 6.07) is -2.60. The average molecular weight is 519 g/mol. The number of oxime groups is 1. The van der Waals surface area contributed by atoms with E-state index < -0.39 is 51.5 Å². The molecule has 0 unspecified atom stereocenters. The van der Waals surface area contributed by atoms with Gasteiger partial charge >= 0.3 is 16.3 Å². The third kappa shape index (κ3) is 5.02. The molecule has 34 heavy (non-hydrogen) atoms. The number of guanidine groups is 1. The van der Waals surface area contributed by atoms with Crippen LogP contribution in [-0.2, 0) is 29.5 Å². The van der Waals surface area contributed by atoms with Crippen LogP contribution in [0.1, 0.15) is 19.5 Å². The fourth-order valence-electron chi connectivity index (χ4n) is 3.06. The first-order valence-corrected chi connectivity index (χ1v) is 11.9. The first-order valence-electron chi connectivity index (χ1n) is 9.59. The lowest BCUT2D eigenvalue weighted by Crippen LogP contribution is -2.74. The molecule has 0 aromatic carbocycles. The summed E-state index contributed by atoms with van der Waals surface area (Å²) in [5.41, 5.74) is 8.97. The van der Waals surface area contributed by atoms with Crippen LogP contribution >= 0.6 is 11.3 Å². The van der Waals surface area contributed by atoms with E-state index in [2.05, 4.69) is 20.4 Å². The number of rotatable bonds is 9. The van der Waals surface area contributed by atoms with E-state index >= 15 is 0 Å². The Bertz CT molecular complexity index is 1180. The zero-order valence-electron chi connectivity index (χ0n) is 17.9. The largest absolute Gasteiger partial charge is 0.478 e. The summed E-state index contributed by atoms with van der Waals surface area (Å²) >= 11 is 0.967. The van der Waals surface area contributed by atoms with Crippen molar-refractivity contribution in [2.75, 3.05) is 25.4 Å². The molecule has 0 bridgehead atoms. The molecule has 18 heteroatoms. The fraction of sp³-hybridized carbons (Fsp3) is 0.500. The normalized spacial score (nSPS) is 21.2. The number of carbonyl (C=O) groups is 3. The van der Waals surface area contributed by atoms with E-state index in [1.165, 1.54) is 24.1 Å². The Morgan fingerprint density at radius 2 is 2.09 bits per heavy atom. The number of nitrogens with one attached hydrogen (secondary N) is 1. The molecular formula is C16H22N8O8S2. The summed E-state index contributed by atoms with van der Waals surface area (Å²) in [5, 5.41) is 16.6. The van der Waals surface area contributed by atoms with Crippen LogP contribution in [0.4, 0.5) is 5.13 Å². The molecule has 3 heterocycles. The van der Waals surface area contributed by atoms with Crippen LogP contribution in [0.25, 0.3) is 0 Å². The minimum Gasteiger partial charge on any atom is -0.478 e. The smallest absolute Gasteiger partial charge is 0.362 e. The monoisotopic (exact) mass is 518 g/mol. The highest BCUT2D eigenvalue weighted by Crippen LogP contribution is 2.25. The number of carbonyl (C=O) groups excluding carboxylic acids is 2. The van der Waals surface area contributed by atoms with Crippen molar-refractivity contribution >= 4 is 56.2 Å². The van der Waals surface area contributed by atoms with Gasteiger partial charge in [0.25, 0.3) is 11.8 Å². The van der Waals surface area contributed by atoms with Crippen LogP contribution in [0.15, 0.2) is 15.5 Å². The standard InChI is InChI=1S/C16H22N8O8S2/c1-16(2,13(27)28)32-22-9(7-6-33-15(18)20-7)11(25)21-10-8(5-23-4-3-19-14(23)17)24(12(10)26)34(29,30)31/h6,8,10H,3-5H2,1-2H3,(H2,17,19)(H2,18,20)(H,21,25)(H,27,28)(H,29,30,31)/t8-,10-/m0/s1. The van der Waals surface area contributed by atoms with E-state index in [4.69, 9.17) is 16.3 Å². The van der Waals surface area contributed by atoms with Crippen LogP contribution in [-0.4, -0.2) is 99.0 Å². The Balaban J connectivity index is 1.87. The second kappa shape index (κ2) is 9.03. The topological polar surface area (TPSA) is 243 Å². The van der Waals surface area contributed by atoms with Gasteiger partial charge in [0.2, 0.25) is 5.60 Å². The molecule has 2 atom stereocenters. The molecule has 1 aromatic rings. The Morgan fingerprint density at radius 1 is 1.41 bits per heavy atom. The van der Waals surface area contributed by atoms with Crippen molar-refractivity contribution in [1.29, 1.82) is 0 Å². The molecule has 2 aliphatic heterocycles. The van der Waals surface area contributed by atoms with Crippen molar-refractivity contribution in [2.24, 2.45) is 15.9 Å². The number of thiazole rings is 1. The molecular weight excluding hydrogens is 496 g/mol. The summed E-state index contributed by atoms with van der Waals surface area (Å²) in [5.74, 6) is -3.37. The Kier molecular flexibility index (Phi) is 6.67. The van der Waals surface area contributed by atoms with Gasteiger partial charge in [-0.3, -0.25) is 19.1 Å². The van der Waals surface area contributed by atoms with Gasteiger partial charge in [0.1, 0.15) is 11.7 Å². The highest BCUT2D eigenvalue weighted by atomic mass is 32.2. The molecule has 186 valence electrons. The maximum Gasteiger partial charge on any atom is 0.362 e. The van der Waals surface area contributed by atoms with Gasteiger partial charge < -0.3 is 31.6 Å². The minimum absolute atomic E-state index is 0.0629. The Hall–Kier alpha value is -3.51. The maximum absolute atomic E-state index is 13.0. The predicted octanol–water partition coefficient (Wildman–Crippen LogP) is -2.56. The van der Waals surface area contributed by atoms with Crippen LogP contribution < -0.4 is 16.8 Å². The van der Waals surface area contributed by atoms with Crippen molar-refractivity contribution in [2.45, 2.75) is 31.5 Å². The quantitative estimate of drug-likeness (QED) is 0.0980. The van der Waals surface area contributed by atoms with E-state index in [1.54, 1.807) is 0 Å². The van der Waals surface area contributed by atoms with Crippen LogP contribution in [0.3, 0.4) is 0 Å². The predicted molar refractivity (Wildman–Crippen MR) is 118 cm³/mol. The summed E-state index contributed by atoms with van der Waals surface area (Å²) in [6.07, 6.45) is 0. The molecule has 0 saturated carbocycles. The van der Waals surface area contributed by atoms with Crippen LogP contribution in [0, 0.1) is 0 Å². The van der Waals surface area contributed by atoms with E-state index in [9.17, 15) is 32.5 Å². The zero-order chi connectivity index (χ0) is 25.4. The van der Waals surface area contributed by atoms with Gasteiger partial charge in [-0.25, -0.2) is 14.1 Å². The van der Waals surface area contributed by atoms with Crippen molar-refractivity contribution in [3.63, 3.8) is 0 Å². The van der Waals surface area contributed by atoms with Gasteiger partial charge in [-0.15, -0.1) is 11.3 Å². The summed E-state index contributed by atoms with van der Waals surface area (Å²) in [7, 11) is -4.92. The van der Waals surface area contributed by atoms with Crippen LogP contribution in [0.2, 0.25) is 0 Å². The number of aliphatic carboxylic acids is 1. The number of amides is 2. The zero-order valence-corrected chi connectivity index (χ0v) is 19.5. The number of anilines is 1. The molecule has 16 nitrogen and oxygen atoms in total. The molecule has 1 saturated heterocycles. The summed E-state index contributed by atoms with van der Waals surface area (Å²) in [6.45, 7) is 2.94. The van der Waals surface area contributed by atoms with E-state index in [-0.39, 0.29) is 27.6 Å². The number of carboxylic acid groups (broad SMARTS) is 1. The number of nitrogen functional groups attached to an aromatic ring is 1. The second-order valence-electron chi connectivity index (χ2n) is 7.73. The van der Waals surface area contributed by atoms with Crippen LogP contribution in [0.5, 0.6) is 0 Å². The fourth-order valence-corrected chi connectivity index (χ4v) is 4.48. The van der Waals surface area contributed by atoms with Gasteiger partial charge in [0.15, 0.2) is 16.8 Å². The molecule has 0 radical (unpaired) electrons. The molecule has 3 rings (SSSR count). The summed E-state index contributed by atoms with van der Waals surface area (Å²) < 4.78 is 33.1. The number of carboxylic acids is 1. The number of nitrogens with two attached hydrogens (primary N) is 2. The van der Waals surface area contributed by atoms with E-state index in [0.29, 0.717) is 13.1 Å². The third-order valence-electron chi connectivity index (χ3n) is 4.94. The van der Waals surface area contributed by atoms with Gasteiger partial charge in [-0.05, 0) is 13.8 Å². The number of hydrogen-bond donors (Lipinski definition) is 5. The van der Waals surface area contributed by atoms with Crippen molar-refractivity contribution < 1.29 is 37.3 Å². The third-order valence-corrected chi connectivity index (χ3v) is 6.56. The van der Waals surface area contributed by atoms with Gasteiger partial charge in [-0.1, -0.05) is 5.16 Å². The Morgan fingerprint density at radius 3 is 2.59 bits per heavy atom. The van der Waals surface area contributed by atoms with Gasteiger partial charge in [0, 0.05) is 18.5 Å². The lowest BCUT2D eigenvalue weighted by atomic mass is 9.97. The molecule has 7 N–H and O–H groups in total. The highest BCUT2D eigenvalue weighted by Gasteiger charge is 2.55. The number of aromatic nitrogens is 1. The molecule has 0 spiro atoms. The number of β-lactam (4-membered cyclic amide) rings is 1. The molecule has 2 aliphatic rings. The SMILES string of the molecule is CC(C)(ON=C(C(=O)N[C@@H]1C(=O)N(S(=O)(=O)O)[C@H]1CN1CCN=C1N)c1csc(N)n1)C(=O)O. The van der Waals surface area contributed by atoms with E-state index in [0.717, 1.165) is 11.3 Å². The first kappa shape index (κ1) is 25.1. The Labute approximate surface area is 197 Å². The van der Waals surface area contributed by atoms with Crippen molar-refractivity contribution in [1.82, 2.24) is 19.5 Å². The average Bonchev–Trinajstić information content (AvgIpc) is 3.32. The molecule has 0 aliphatic carbocycles. The number of nitrogens with zero attached hydrogens (tertiary/aromatic N) is 5. The lowest BCUT2D eigenvalue weighted by molar-refractivity contribution is -0.161. The molecule has 2 amide bonds. The highest BCUT2D eigenvalue weighted by molar-refractivity contribution is 7.84. The van der Waals surface area contributed by atoms with Crippen molar-refractivity contribution in [3.8, 4) is 0 Å². The molecule has 1 aromatic heterocycles. The first-order chi connectivity index (χ1) is 15.7. The number of aliphatic imine (C=N–C) groups is 1. The van der Waals surface area contributed by atoms with E-state index in [1.807, 2.05) is 0 Å². The molecule has 1 fully saturated rings. The minimum atomic E-state index is -4.92. The van der Waals surface area contributed by atoms with Crippen molar-refractivity contribution in [3.05, 3.63) is 11.1 Å². The van der Waals surface area contributed by atoms with Gasteiger partial charge in [-0.2, -0.15) is 8.42 Å². The maximum atomic E-state index is 13.0.